The Kier molecular flexibility index (Phi) is 8.99. The maximum absolute atomic E-state index is 2.67. The Bertz CT molecular complexity index is 817. The summed E-state index contributed by atoms with van der Waals surface area (Å²) >= 11 is 0. The van der Waals surface area contributed by atoms with Gasteiger partial charge < -0.3 is 9.80 Å². The third kappa shape index (κ3) is 8.13. The number of allylic oxidation sites excluding steroid dienone is 1. The molecule has 0 bridgehead atoms. The zero-order chi connectivity index (χ0) is 23.0. The third-order valence-electron chi connectivity index (χ3n) is 6.69. The summed E-state index contributed by atoms with van der Waals surface area (Å²) in [6.07, 6.45) is 8.39. The average Bonchev–Trinajstić information content (AvgIpc) is 2.78. The number of benzene rings is 2. The van der Waals surface area contributed by atoms with Gasteiger partial charge in [0.25, 0.3) is 0 Å². The van der Waals surface area contributed by atoms with Crippen molar-refractivity contribution >= 4 is 5.69 Å². The fourth-order valence-corrected chi connectivity index (χ4v) is 4.48. The minimum absolute atomic E-state index is 0.425. The van der Waals surface area contributed by atoms with Gasteiger partial charge in [0.05, 0.1) is 0 Å². The first-order chi connectivity index (χ1) is 15.3. The lowest BCUT2D eigenvalue weighted by molar-refractivity contribution is 0.183. The van der Waals surface area contributed by atoms with E-state index in [1.807, 2.05) is 0 Å². The van der Waals surface area contributed by atoms with Crippen LogP contribution in [-0.4, -0.2) is 37.1 Å². The van der Waals surface area contributed by atoms with Gasteiger partial charge in [0, 0.05) is 31.4 Å². The molecular formula is C30H44N2. The second-order valence-electron chi connectivity index (χ2n) is 11.0. The second kappa shape index (κ2) is 11.7. The lowest BCUT2D eigenvalue weighted by Crippen LogP contribution is -2.45. The predicted octanol–water partition coefficient (Wildman–Crippen LogP) is 7.15. The topological polar surface area (TPSA) is 6.48 Å². The fourth-order valence-electron chi connectivity index (χ4n) is 4.48. The summed E-state index contributed by atoms with van der Waals surface area (Å²) in [5.74, 6) is 0. The van der Waals surface area contributed by atoms with Crippen LogP contribution in [0.5, 0.6) is 0 Å². The molecule has 1 saturated heterocycles. The molecule has 0 amide bonds. The molecule has 0 atom stereocenters. The summed E-state index contributed by atoms with van der Waals surface area (Å²) in [7, 11) is 0. The van der Waals surface area contributed by atoms with Gasteiger partial charge in [-0.05, 0) is 81.2 Å². The zero-order valence-corrected chi connectivity index (χ0v) is 21.1. The second-order valence-corrected chi connectivity index (χ2v) is 11.0. The first-order valence-corrected chi connectivity index (χ1v) is 12.6. The number of hydrogen-bond acceptors (Lipinski definition) is 2. The molecule has 0 unspecified atom stereocenters. The van der Waals surface area contributed by atoms with Gasteiger partial charge in [0.2, 0.25) is 0 Å². The lowest BCUT2D eigenvalue weighted by atomic mass is 9.91. The Balaban J connectivity index is 1.61. The van der Waals surface area contributed by atoms with E-state index in [0.717, 1.165) is 19.4 Å². The standard InChI is InChI=1S/C30H44N2/c1-25(2)17-23-32(29-18-21-31(22-19-29)24-20-30(3,4)5)28-15-13-27(14-16-28)12-11-26-9-7-6-8-10-26/h6-10,13-17,29H,11-12,18-24H2,1-5H3. The predicted molar refractivity (Wildman–Crippen MR) is 141 cm³/mol. The molecule has 2 nitrogen and oxygen atoms in total. The van der Waals surface area contributed by atoms with E-state index in [4.69, 9.17) is 0 Å². The van der Waals surface area contributed by atoms with E-state index in [2.05, 4.69) is 105 Å². The lowest BCUT2D eigenvalue weighted by Gasteiger charge is -2.40. The molecule has 0 aromatic heterocycles. The zero-order valence-electron chi connectivity index (χ0n) is 21.1. The number of nitrogens with zero attached hydrogens (tertiary/aromatic N) is 2. The largest absolute Gasteiger partial charge is 0.365 e. The normalized spacial score (nSPS) is 15.5. The first-order valence-electron chi connectivity index (χ1n) is 12.6. The van der Waals surface area contributed by atoms with Gasteiger partial charge in [0.15, 0.2) is 0 Å². The van der Waals surface area contributed by atoms with Gasteiger partial charge in [-0.3, -0.25) is 0 Å². The van der Waals surface area contributed by atoms with Crippen LogP contribution in [0.2, 0.25) is 0 Å². The Morgan fingerprint density at radius 1 is 0.906 bits per heavy atom. The molecule has 32 heavy (non-hydrogen) atoms. The van der Waals surface area contributed by atoms with Gasteiger partial charge in [-0.1, -0.05) is 74.9 Å². The average molecular weight is 433 g/mol. The highest BCUT2D eigenvalue weighted by Gasteiger charge is 2.25. The summed E-state index contributed by atoms with van der Waals surface area (Å²) in [6, 6.07) is 20.8. The van der Waals surface area contributed by atoms with Crippen LogP contribution in [-0.2, 0) is 12.8 Å². The van der Waals surface area contributed by atoms with E-state index in [-0.39, 0.29) is 0 Å². The van der Waals surface area contributed by atoms with Crippen LogP contribution in [0.15, 0.2) is 66.2 Å². The number of hydrogen-bond donors (Lipinski definition) is 0. The van der Waals surface area contributed by atoms with Crippen molar-refractivity contribution in [3.05, 3.63) is 77.4 Å². The van der Waals surface area contributed by atoms with E-state index in [1.54, 1.807) is 0 Å². The van der Waals surface area contributed by atoms with E-state index in [0.29, 0.717) is 11.5 Å². The fraction of sp³-hybridized carbons (Fsp3) is 0.533. The molecule has 1 aliphatic rings. The molecule has 1 aliphatic heterocycles. The highest BCUT2D eigenvalue weighted by atomic mass is 15.2. The van der Waals surface area contributed by atoms with E-state index >= 15 is 0 Å². The van der Waals surface area contributed by atoms with Crippen LogP contribution in [0.25, 0.3) is 0 Å². The summed E-state index contributed by atoms with van der Waals surface area (Å²) in [5, 5.41) is 0. The van der Waals surface area contributed by atoms with E-state index < -0.39 is 0 Å². The van der Waals surface area contributed by atoms with E-state index in [1.165, 1.54) is 61.3 Å². The molecule has 1 heterocycles. The molecular weight excluding hydrogens is 388 g/mol. The Morgan fingerprint density at radius 2 is 1.50 bits per heavy atom. The summed E-state index contributed by atoms with van der Waals surface area (Å²) < 4.78 is 0. The van der Waals surface area contributed by atoms with Gasteiger partial charge in [-0.25, -0.2) is 0 Å². The molecule has 174 valence electrons. The van der Waals surface area contributed by atoms with Crippen molar-refractivity contribution in [1.29, 1.82) is 0 Å². The highest BCUT2D eigenvalue weighted by molar-refractivity contribution is 5.49. The van der Waals surface area contributed by atoms with Crippen LogP contribution in [0.1, 0.15) is 65.0 Å². The van der Waals surface area contributed by atoms with Gasteiger partial charge in [-0.15, -0.1) is 0 Å². The van der Waals surface area contributed by atoms with Gasteiger partial charge in [-0.2, -0.15) is 0 Å². The molecule has 2 heteroatoms. The van der Waals surface area contributed by atoms with Crippen molar-refractivity contribution in [3.63, 3.8) is 0 Å². The number of piperidine rings is 1. The maximum atomic E-state index is 2.67. The van der Waals surface area contributed by atoms with Crippen LogP contribution in [0.3, 0.4) is 0 Å². The van der Waals surface area contributed by atoms with Crippen LogP contribution < -0.4 is 4.90 Å². The summed E-state index contributed by atoms with van der Waals surface area (Å²) in [4.78, 5) is 5.32. The highest BCUT2D eigenvalue weighted by Crippen LogP contribution is 2.26. The quantitative estimate of drug-likeness (QED) is 0.388. The minimum Gasteiger partial charge on any atom is -0.365 e. The first kappa shape index (κ1) is 24.6. The van der Waals surface area contributed by atoms with Crippen molar-refractivity contribution in [2.75, 3.05) is 31.1 Å². The number of rotatable bonds is 9. The van der Waals surface area contributed by atoms with Gasteiger partial charge in [0.1, 0.15) is 0 Å². The molecule has 0 saturated carbocycles. The smallest absolute Gasteiger partial charge is 0.0371 e. The molecule has 2 aromatic rings. The Labute approximate surface area is 197 Å². The monoisotopic (exact) mass is 432 g/mol. The molecule has 3 rings (SSSR count). The number of aryl methyl sites for hydroxylation is 2. The number of likely N-dealkylation sites (tertiary alicyclic amines) is 1. The Morgan fingerprint density at radius 3 is 2.06 bits per heavy atom. The van der Waals surface area contributed by atoms with Crippen LogP contribution in [0, 0.1) is 5.41 Å². The summed E-state index contributed by atoms with van der Waals surface area (Å²) in [5.41, 5.74) is 6.04. The van der Waals surface area contributed by atoms with Crippen molar-refractivity contribution < 1.29 is 0 Å². The SMILES string of the molecule is CC(C)=CCN(c1ccc(CCc2ccccc2)cc1)C1CCN(CCC(C)(C)C)CC1. The molecule has 0 radical (unpaired) electrons. The van der Waals surface area contributed by atoms with Crippen molar-refractivity contribution in [2.24, 2.45) is 5.41 Å². The van der Waals surface area contributed by atoms with Gasteiger partial charge >= 0.3 is 0 Å². The molecule has 1 fully saturated rings. The molecule has 0 N–H and O–H groups in total. The molecule has 0 aliphatic carbocycles. The van der Waals surface area contributed by atoms with Crippen molar-refractivity contribution in [1.82, 2.24) is 4.90 Å². The summed E-state index contributed by atoms with van der Waals surface area (Å²) in [6.45, 7) is 16.2. The van der Waals surface area contributed by atoms with Crippen LogP contribution >= 0.6 is 0 Å². The van der Waals surface area contributed by atoms with Crippen molar-refractivity contribution in [2.45, 2.75) is 72.8 Å². The Hall–Kier alpha value is -2.06. The minimum atomic E-state index is 0.425. The van der Waals surface area contributed by atoms with Crippen molar-refractivity contribution in [3.8, 4) is 0 Å². The van der Waals surface area contributed by atoms with E-state index in [9.17, 15) is 0 Å². The number of anilines is 1. The third-order valence-corrected chi connectivity index (χ3v) is 6.69. The van der Waals surface area contributed by atoms with Crippen LogP contribution in [0.4, 0.5) is 5.69 Å². The molecule has 2 aromatic carbocycles. The maximum Gasteiger partial charge on any atom is 0.0371 e. The molecule has 0 spiro atoms.